The summed E-state index contributed by atoms with van der Waals surface area (Å²) in [6.07, 6.45) is 0. The van der Waals surface area contributed by atoms with Crippen LogP contribution in [0.2, 0.25) is 0 Å². The van der Waals surface area contributed by atoms with E-state index in [1.807, 2.05) is 54.6 Å². The van der Waals surface area contributed by atoms with E-state index in [0.29, 0.717) is 30.0 Å². The van der Waals surface area contributed by atoms with E-state index in [2.05, 4.69) is 10.6 Å². The SMILES string of the molecule is O=C(NC1[C@H]2CNC[C@@H]12)c1cccc(OCc2ccccc2)c1. The molecule has 1 aliphatic carbocycles. The zero-order valence-electron chi connectivity index (χ0n) is 12.9. The van der Waals surface area contributed by atoms with Crippen molar-refractivity contribution in [3.63, 3.8) is 0 Å². The van der Waals surface area contributed by atoms with Crippen LogP contribution >= 0.6 is 0 Å². The van der Waals surface area contributed by atoms with Gasteiger partial charge in [-0.15, -0.1) is 0 Å². The molecular formula is C19H20N2O2. The average Bonchev–Trinajstić information content (AvgIpc) is 3.02. The van der Waals surface area contributed by atoms with Crippen molar-refractivity contribution >= 4 is 5.91 Å². The molecule has 1 saturated heterocycles. The van der Waals surface area contributed by atoms with Crippen molar-refractivity contribution in [1.82, 2.24) is 10.6 Å². The normalized spacial score (nSPS) is 24.8. The topological polar surface area (TPSA) is 50.4 Å². The third kappa shape index (κ3) is 3.08. The molecule has 0 aromatic heterocycles. The van der Waals surface area contributed by atoms with Crippen molar-refractivity contribution in [3.8, 4) is 5.75 Å². The molecule has 2 fully saturated rings. The maximum atomic E-state index is 12.4. The number of hydrogen-bond acceptors (Lipinski definition) is 3. The Balaban J connectivity index is 1.37. The number of piperidine rings is 1. The third-order valence-electron chi connectivity index (χ3n) is 4.73. The van der Waals surface area contributed by atoms with Crippen molar-refractivity contribution in [2.24, 2.45) is 11.8 Å². The molecule has 4 rings (SSSR count). The Bertz CT molecular complexity index is 692. The number of amides is 1. The van der Waals surface area contributed by atoms with E-state index in [0.717, 1.165) is 24.4 Å². The Hall–Kier alpha value is -2.33. The van der Waals surface area contributed by atoms with E-state index in [-0.39, 0.29) is 5.91 Å². The molecule has 0 radical (unpaired) electrons. The van der Waals surface area contributed by atoms with Crippen molar-refractivity contribution in [2.45, 2.75) is 12.6 Å². The van der Waals surface area contributed by atoms with Crippen LogP contribution in [-0.2, 0) is 6.61 Å². The summed E-state index contributed by atoms with van der Waals surface area (Å²) >= 11 is 0. The Labute approximate surface area is 135 Å². The molecule has 1 unspecified atom stereocenters. The lowest BCUT2D eigenvalue weighted by Gasteiger charge is -2.10. The van der Waals surface area contributed by atoms with Crippen LogP contribution in [0.1, 0.15) is 15.9 Å². The summed E-state index contributed by atoms with van der Waals surface area (Å²) in [5.41, 5.74) is 1.77. The monoisotopic (exact) mass is 308 g/mol. The van der Waals surface area contributed by atoms with Crippen LogP contribution < -0.4 is 15.4 Å². The van der Waals surface area contributed by atoms with Gasteiger partial charge in [-0.25, -0.2) is 0 Å². The lowest BCUT2D eigenvalue weighted by molar-refractivity contribution is 0.0946. The van der Waals surface area contributed by atoms with E-state index in [4.69, 9.17) is 4.74 Å². The van der Waals surface area contributed by atoms with Crippen LogP contribution in [0.15, 0.2) is 54.6 Å². The first-order valence-electron chi connectivity index (χ1n) is 8.09. The smallest absolute Gasteiger partial charge is 0.251 e. The molecule has 1 aliphatic heterocycles. The minimum atomic E-state index is -0.00504. The predicted molar refractivity (Wildman–Crippen MR) is 88.3 cm³/mol. The van der Waals surface area contributed by atoms with Gasteiger partial charge in [-0.2, -0.15) is 0 Å². The maximum Gasteiger partial charge on any atom is 0.251 e. The molecule has 2 aromatic rings. The second kappa shape index (κ2) is 6.05. The van der Waals surface area contributed by atoms with E-state index < -0.39 is 0 Å². The molecule has 118 valence electrons. The molecule has 1 heterocycles. The van der Waals surface area contributed by atoms with Crippen LogP contribution in [0.5, 0.6) is 5.75 Å². The van der Waals surface area contributed by atoms with Gasteiger partial charge in [0.15, 0.2) is 0 Å². The van der Waals surface area contributed by atoms with Crippen LogP contribution in [0.3, 0.4) is 0 Å². The summed E-state index contributed by atoms with van der Waals surface area (Å²) in [7, 11) is 0. The fourth-order valence-electron chi connectivity index (χ4n) is 3.34. The molecule has 4 nitrogen and oxygen atoms in total. The highest BCUT2D eigenvalue weighted by Crippen LogP contribution is 2.41. The van der Waals surface area contributed by atoms with Gasteiger partial charge < -0.3 is 15.4 Å². The minimum Gasteiger partial charge on any atom is -0.489 e. The summed E-state index contributed by atoms with van der Waals surface area (Å²) in [6.45, 7) is 2.55. The van der Waals surface area contributed by atoms with Gasteiger partial charge >= 0.3 is 0 Å². The number of benzene rings is 2. The second-order valence-corrected chi connectivity index (χ2v) is 6.29. The Morgan fingerprint density at radius 1 is 1.09 bits per heavy atom. The van der Waals surface area contributed by atoms with Gasteiger partial charge in [-0.05, 0) is 35.6 Å². The van der Waals surface area contributed by atoms with Gasteiger partial charge in [-0.1, -0.05) is 36.4 Å². The Morgan fingerprint density at radius 3 is 2.65 bits per heavy atom. The molecule has 3 atom stereocenters. The molecule has 0 bridgehead atoms. The molecular weight excluding hydrogens is 288 g/mol. The highest BCUT2D eigenvalue weighted by atomic mass is 16.5. The highest BCUT2D eigenvalue weighted by molar-refractivity contribution is 5.95. The van der Waals surface area contributed by atoms with Crippen molar-refractivity contribution in [3.05, 3.63) is 65.7 Å². The lowest BCUT2D eigenvalue weighted by Crippen LogP contribution is -2.32. The summed E-state index contributed by atoms with van der Waals surface area (Å²) in [6, 6.07) is 17.8. The largest absolute Gasteiger partial charge is 0.489 e. The predicted octanol–water partition coefficient (Wildman–Crippen LogP) is 2.21. The van der Waals surface area contributed by atoms with E-state index in [9.17, 15) is 4.79 Å². The molecule has 2 N–H and O–H groups in total. The number of rotatable bonds is 5. The first kappa shape index (κ1) is 14.3. The molecule has 2 aliphatic rings. The number of fused-ring (bicyclic) bond motifs is 1. The highest BCUT2D eigenvalue weighted by Gasteiger charge is 2.53. The summed E-state index contributed by atoms with van der Waals surface area (Å²) in [4.78, 5) is 12.4. The molecule has 1 amide bonds. The lowest BCUT2D eigenvalue weighted by atomic mass is 10.2. The summed E-state index contributed by atoms with van der Waals surface area (Å²) in [5, 5.41) is 6.47. The molecule has 0 spiro atoms. The van der Waals surface area contributed by atoms with E-state index in [1.54, 1.807) is 0 Å². The fourth-order valence-corrected chi connectivity index (χ4v) is 3.34. The first-order valence-corrected chi connectivity index (χ1v) is 8.09. The summed E-state index contributed by atoms with van der Waals surface area (Å²) < 4.78 is 5.79. The van der Waals surface area contributed by atoms with Crippen LogP contribution in [-0.4, -0.2) is 25.0 Å². The first-order chi connectivity index (χ1) is 11.3. The quantitative estimate of drug-likeness (QED) is 0.890. The second-order valence-electron chi connectivity index (χ2n) is 6.29. The molecule has 1 saturated carbocycles. The van der Waals surface area contributed by atoms with Gasteiger partial charge in [-0.3, -0.25) is 4.79 Å². The van der Waals surface area contributed by atoms with Crippen LogP contribution in [0, 0.1) is 11.8 Å². The van der Waals surface area contributed by atoms with E-state index in [1.165, 1.54) is 0 Å². The van der Waals surface area contributed by atoms with Crippen molar-refractivity contribution in [2.75, 3.05) is 13.1 Å². The van der Waals surface area contributed by atoms with Gasteiger partial charge in [0.05, 0.1) is 0 Å². The van der Waals surface area contributed by atoms with Crippen LogP contribution in [0.25, 0.3) is 0 Å². The minimum absolute atomic E-state index is 0.00504. The Morgan fingerprint density at radius 2 is 1.87 bits per heavy atom. The zero-order chi connectivity index (χ0) is 15.6. The molecule has 23 heavy (non-hydrogen) atoms. The molecule has 4 heteroatoms. The number of nitrogens with one attached hydrogen (secondary N) is 2. The fraction of sp³-hybridized carbons (Fsp3) is 0.316. The Kier molecular flexibility index (Phi) is 3.75. The number of carbonyl (C=O) groups excluding carboxylic acids is 1. The van der Waals surface area contributed by atoms with Gasteiger partial charge in [0, 0.05) is 24.7 Å². The van der Waals surface area contributed by atoms with Gasteiger partial charge in [0.2, 0.25) is 0 Å². The van der Waals surface area contributed by atoms with Crippen molar-refractivity contribution in [1.29, 1.82) is 0 Å². The zero-order valence-corrected chi connectivity index (χ0v) is 12.9. The number of carbonyl (C=O) groups is 1. The standard InChI is InChI=1S/C19H20N2O2/c22-19(21-18-16-10-20-11-17(16)18)14-7-4-8-15(9-14)23-12-13-5-2-1-3-6-13/h1-9,16-18,20H,10-12H2,(H,21,22)/t16-,17+,18?. The average molecular weight is 308 g/mol. The number of ether oxygens (including phenoxy) is 1. The summed E-state index contributed by atoms with van der Waals surface area (Å²) in [5.74, 6) is 1.96. The van der Waals surface area contributed by atoms with Crippen LogP contribution in [0.4, 0.5) is 0 Å². The van der Waals surface area contributed by atoms with Gasteiger partial charge in [0.1, 0.15) is 12.4 Å². The van der Waals surface area contributed by atoms with Crippen molar-refractivity contribution < 1.29 is 9.53 Å². The maximum absolute atomic E-state index is 12.4. The molecule has 2 aromatic carbocycles. The van der Waals surface area contributed by atoms with E-state index >= 15 is 0 Å². The number of hydrogen-bond donors (Lipinski definition) is 2. The van der Waals surface area contributed by atoms with Gasteiger partial charge in [0.25, 0.3) is 5.91 Å². The third-order valence-corrected chi connectivity index (χ3v) is 4.73.